The van der Waals surface area contributed by atoms with E-state index in [0.717, 1.165) is 46.9 Å². The zero-order chi connectivity index (χ0) is 19.4. The van der Waals surface area contributed by atoms with Gasteiger partial charge in [0.2, 0.25) is 0 Å². The summed E-state index contributed by atoms with van der Waals surface area (Å²) in [5.74, 6) is 0.848. The Morgan fingerprint density at radius 3 is 2.65 bits per heavy atom. The summed E-state index contributed by atoms with van der Waals surface area (Å²) >= 11 is 0. The number of rotatable bonds is 11. The molecule has 0 unspecified atom stereocenters. The van der Waals surface area contributed by atoms with Gasteiger partial charge in [-0.05, 0) is 73.5 Å². The molecule has 4 nitrogen and oxygen atoms in total. The summed E-state index contributed by atoms with van der Waals surface area (Å²) in [5, 5.41) is 8.80. The molecule has 1 aromatic heterocycles. The van der Waals surface area contributed by atoms with Crippen molar-refractivity contribution >= 4 is 18.0 Å². The average Bonchev–Trinajstić information content (AvgIpc) is 2.65. The van der Waals surface area contributed by atoms with Crippen LogP contribution in [0.2, 0.25) is 0 Å². The lowest BCUT2D eigenvalue weighted by Gasteiger charge is -2.12. The van der Waals surface area contributed by atoms with Gasteiger partial charge in [-0.15, -0.1) is 0 Å². The molecule has 0 atom stereocenters. The van der Waals surface area contributed by atoms with E-state index >= 15 is 0 Å². The number of nitrogens with zero attached hydrogens (tertiary/aromatic N) is 1. The van der Waals surface area contributed by atoms with Gasteiger partial charge in [0, 0.05) is 19.8 Å². The third-order valence-corrected chi connectivity index (χ3v) is 4.61. The SMILES string of the molecule is C=C(/C=c1/cc(NC)nc/c1=C/C)/C(CN)=C(/C)CCNCCCCC. The van der Waals surface area contributed by atoms with Crippen molar-refractivity contribution in [1.29, 1.82) is 0 Å². The van der Waals surface area contributed by atoms with Crippen LogP contribution in [-0.4, -0.2) is 31.7 Å². The lowest BCUT2D eigenvalue weighted by Crippen LogP contribution is -2.26. The molecule has 0 aliphatic carbocycles. The summed E-state index contributed by atoms with van der Waals surface area (Å²) in [4.78, 5) is 4.37. The fourth-order valence-corrected chi connectivity index (χ4v) is 2.89. The van der Waals surface area contributed by atoms with E-state index in [9.17, 15) is 0 Å². The Hall–Kier alpha value is -1.91. The topological polar surface area (TPSA) is 63.0 Å². The van der Waals surface area contributed by atoms with E-state index in [2.05, 4.69) is 48.2 Å². The monoisotopic (exact) mass is 356 g/mol. The lowest BCUT2D eigenvalue weighted by molar-refractivity contribution is 0.615. The zero-order valence-corrected chi connectivity index (χ0v) is 17.0. The largest absolute Gasteiger partial charge is 0.373 e. The second-order valence-corrected chi connectivity index (χ2v) is 6.58. The van der Waals surface area contributed by atoms with Gasteiger partial charge in [-0.1, -0.05) is 38.0 Å². The molecule has 1 aromatic rings. The first kappa shape index (κ1) is 22.1. The van der Waals surface area contributed by atoms with Gasteiger partial charge in [-0.3, -0.25) is 0 Å². The number of hydrogen-bond donors (Lipinski definition) is 3. The van der Waals surface area contributed by atoms with Gasteiger partial charge in [0.05, 0.1) is 0 Å². The Bertz CT molecular complexity index is 716. The van der Waals surface area contributed by atoms with E-state index in [-0.39, 0.29) is 0 Å². The number of nitrogens with one attached hydrogen (secondary N) is 2. The molecule has 26 heavy (non-hydrogen) atoms. The van der Waals surface area contributed by atoms with E-state index in [1.807, 2.05) is 26.2 Å². The molecule has 0 aromatic carbocycles. The summed E-state index contributed by atoms with van der Waals surface area (Å²) in [6.07, 6.45) is 10.8. The number of pyridine rings is 1. The van der Waals surface area contributed by atoms with Crippen LogP contribution >= 0.6 is 0 Å². The Morgan fingerprint density at radius 2 is 2.04 bits per heavy atom. The van der Waals surface area contributed by atoms with Gasteiger partial charge in [0.15, 0.2) is 0 Å². The van der Waals surface area contributed by atoms with Crippen LogP contribution in [0.5, 0.6) is 0 Å². The number of unbranched alkanes of at least 4 members (excludes halogenated alkanes) is 2. The van der Waals surface area contributed by atoms with Crippen LogP contribution in [0.25, 0.3) is 12.2 Å². The van der Waals surface area contributed by atoms with Gasteiger partial charge in [-0.2, -0.15) is 0 Å². The minimum Gasteiger partial charge on any atom is -0.373 e. The lowest BCUT2D eigenvalue weighted by atomic mass is 9.98. The highest BCUT2D eigenvalue weighted by Crippen LogP contribution is 2.15. The molecule has 144 valence electrons. The number of anilines is 1. The molecule has 4 heteroatoms. The smallest absolute Gasteiger partial charge is 0.126 e. The Balaban J connectivity index is 2.91. The van der Waals surface area contributed by atoms with E-state index in [0.29, 0.717) is 6.54 Å². The first-order chi connectivity index (χ1) is 12.6. The predicted octanol–water partition coefficient (Wildman–Crippen LogP) is 2.71. The van der Waals surface area contributed by atoms with Gasteiger partial charge >= 0.3 is 0 Å². The van der Waals surface area contributed by atoms with Crippen molar-refractivity contribution in [2.45, 2.75) is 46.5 Å². The molecule has 1 rings (SSSR count). The quantitative estimate of drug-likeness (QED) is 0.421. The van der Waals surface area contributed by atoms with Crippen LogP contribution in [0.1, 0.15) is 46.5 Å². The summed E-state index contributed by atoms with van der Waals surface area (Å²) in [6, 6.07) is 2.04. The predicted molar refractivity (Wildman–Crippen MR) is 116 cm³/mol. The maximum atomic E-state index is 6.03. The molecule has 0 aliphatic heterocycles. The first-order valence-corrected chi connectivity index (χ1v) is 9.67. The van der Waals surface area contributed by atoms with Crippen molar-refractivity contribution in [2.24, 2.45) is 5.73 Å². The summed E-state index contributed by atoms with van der Waals surface area (Å²) < 4.78 is 0. The normalized spacial score (nSPS) is 13.7. The van der Waals surface area contributed by atoms with Crippen molar-refractivity contribution in [3.05, 3.63) is 46.0 Å². The summed E-state index contributed by atoms with van der Waals surface area (Å²) in [7, 11) is 1.87. The van der Waals surface area contributed by atoms with Crippen molar-refractivity contribution in [1.82, 2.24) is 10.3 Å². The summed E-state index contributed by atoms with van der Waals surface area (Å²) in [6.45, 7) is 13.3. The van der Waals surface area contributed by atoms with Crippen LogP contribution in [0, 0.1) is 0 Å². The van der Waals surface area contributed by atoms with Crippen LogP contribution in [-0.2, 0) is 0 Å². The fourth-order valence-electron chi connectivity index (χ4n) is 2.89. The Labute approximate surface area is 159 Å². The minimum absolute atomic E-state index is 0.506. The van der Waals surface area contributed by atoms with Crippen LogP contribution in [0.3, 0.4) is 0 Å². The highest BCUT2D eigenvalue weighted by atomic mass is 14.9. The molecule has 0 saturated heterocycles. The molecule has 1 heterocycles. The second-order valence-electron chi connectivity index (χ2n) is 6.58. The van der Waals surface area contributed by atoms with E-state index < -0.39 is 0 Å². The van der Waals surface area contributed by atoms with Gasteiger partial charge < -0.3 is 16.4 Å². The molecule has 0 amide bonds. The van der Waals surface area contributed by atoms with Crippen LogP contribution in [0.15, 0.2) is 35.6 Å². The standard InChI is InChI=1S/C22H36N4/c1-6-8-9-11-25-12-10-17(3)21(15-23)18(4)13-20-14-22(24-5)26-16-19(20)7-2/h7,13-14,16,24-25H,4,6,8-12,15,23H2,1-3,5H3/b19-7-,20-13-,21-17-. The van der Waals surface area contributed by atoms with E-state index in [4.69, 9.17) is 5.73 Å². The third-order valence-electron chi connectivity index (χ3n) is 4.61. The van der Waals surface area contributed by atoms with Crippen LogP contribution < -0.4 is 26.8 Å². The number of aromatic nitrogens is 1. The number of nitrogens with two attached hydrogens (primary N) is 1. The molecule has 0 saturated carbocycles. The Kier molecular flexibility index (Phi) is 10.6. The van der Waals surface area contributed by atoms with E-state index in [1.54, 1.807) is 0 Å². The fraction of sp³-hybridized carbons (Fsp3) is 0.500. The molecule has 0 bridgehead atoms. The van der Waals surface area contributed by atoms with Crippen LogP contribution in [0.4, 0.5) is 5.82 Å². The molecule has 4 N–H and O–H groups in total. The molecule has 0 aliphatic rings. The molecule has 0 spiro atoms. The van der Waals surface area contributed by atoms with Gasteiger partial charge in [0.25, 0.3) is 0 Å². The third kappa shape index (κ3) is 7.14. The molecule has 0 fully saturated rings. The maximum Gasteiger partial charge on any atom is 0.126 e. The Morgan fingerprint density at radius 1 is 1.27 bits per heavy atom. The van der Waals surface area contributed by atoms with Gasteiger partial charge in [-0.25, -0.2) is 4.98 Å². The van der Waals surface area contributed by atoms with Crippen molar-refractivity contribution in [3.8, 4) is 0 Å². The number of hydrogen-bond acceptors (Lipinski definition) is 4. The highest BCUT2D eigenvalue weighted by molar-refractivity contribution is 5.59. The first-order valence-electron chi connectivity index (χ1n) is 9.67. The maximum absolute atomic E-state index is 6.03. The van der Waals surface area contributed by atoms with Crippen molar-refractivity contribution in [2.75, 3.05) is 32.0 Å². The zero-order valence-electron chi connectivity index (χ0n) is 17.0. The molecule has 0 radical (unpaired) electrons. The highest BCUT2D eigenvalue weighted by Gasteiger charge is 2.04. The second kappa shape index (κ2) is 12.4. The van der Waals surface area contributed by atoms with Crippen molar-refractivity contribution < 1.29 is 0 Å². The average molecular weight is 357 g/mol. The molecular weight excluding hydrogens is 320 g/mol. The van der Waals surface area contributed by atoms with Crippen molar-refractivity contribution in [3.63, 3.8) is 0 Å². The molecular formula is C22H36N4. The van der Waals surface area contributed by atoms with Gasteiger partial charge in [0.1, 0.15) is 5.82 Å². The summed E-state index contributed by atoms with van der Waals surface area (Å²) in [5.41, 5.74) is 9.46. The minimum atomic E-state index is 0.506. The van der Waals surface area contributed by atoms with E-state index in [1.165, 1.54) is 24.8 Å².